The smallest absolute Gasteiger partial charge is 0.218 e. The SMILES string of the molecule is N#Cc1cc(OC2CCOC2)ncn1. The zero-order valence-electron chi connectivity index (χ0n) is 7.51. The van der Waals surface area contributed by atoms with E-state index < -0.39 is 0 Å². The number of ether oxygens (including phenoxy) is 2. The quantitative estimate of drug-likeness (QED) is 0.681. The van der Waals surface area contributed by atoms with E-state index >= 15 is 0 Å². The summed E-state index contributed by atoms with van der Waals surface area (Å²) in [4.78, 5) is 7.66. The van der Waals surface area contributed by atoms with Crippen LogP contribution in [0.3, 0.4) is 0 Å². The largest absolute Gasteiger partial charge is 0.472 e. The van der Waals surface area contributed by atoms with Gasteiger partial charge in [-0.3, -0.25) is 0 Å². The molecule has 0 aromatic carbocycles. The van der Waals surface area contributed by atoms with E-state index in [-0.39, 0.29) is 6.10 Å². The van der Waals surface area contributed by atoms with Crippen LogP contribution < -0.4 is 4.74 Å². The molecule has 1 aromatic rings. The molecule has 72 valence electrons. The second-order valence-corrected chi connectivity index (χ2v) is 2.96. The molecule has 1 atom stereocenters. The van der Waals surface area contributed by atoms with E-state index in [9.17, 15) is 0 Å². The van der Waals surface area contributed by atoms with Crippen molar-refractivity contribution in [3.63, 3.8) is 0 Å². The fourth-order valence-electron chi connectivity index (χ4n) is 1.24. The van der Waals surface area contributed by atoms with E-state index in [4.69, 9.17) is 14.7 Å². The highest BCUT2D eigenvalue weighted by molar-refractivity contribution is 5.24. The molecule has 1 saturated heterocycles. The molecule has 0 aliphatic carbocycles. The van der Waals surface area contributed by atoms with Crippen LogP contribution in [-0.4, -0.2) is 29.3 Å². The molecular weight excluding hydrogens is 182 g/mol. The van der Waals surface area contributed by atoms with Crippen LogP contribution in [0.5, 0.6) is 5.88 Å². The van der Waals surface area contributed by atoms with Crippen LogP contribution in [0.2, 0.25) is 0 Å². The fraction of sp³-hybridized carbons (Fsp3) is 0.444. The van der Waals surface area contributed by atoms with Crippen LogP contribution in [0.15, 0.2) is 12.4 Å². The monoisotopic (exact) mass is 191 g/mol. The lowest BCUT2D eigenvalue weighted by molar-refractivity contribution is 0.138. The molecule has 0 N–H and O–H groups in total. The number of nitriles is 1. The molecule has 5 nitrogen and oxygen atoms in total. The van der Waals surface area contributed by atoms with Gasteiger partial charge in [0.05, 0.1) is 13.2 Å². The van der Waals surface area contributed by atoms with Gasteiger partial charge in [-0.05, 0) is 0 Å². The van der Waals surface area contributed by atoms with Crippen LogP contribution in [0.4, 0.5) is 0 Å². The fourth-order valence-corrected chi connectivity index (χ4v) is 1.24. The Hall–Kier alpha value is -1.67. The van der Waals surface area contributed by atoms with Crippen molar-refractivity contribution in [1.82, 2.24) is 9.97 Å². The zero-order valence-corrected chi connectivity index (χ0v) is 7.51. The lowest BCUT2D eigenvalue weighted by atomic mass is 10.3. The van der Waals surface area contributed by atoms with Gasteiger partial charge in [0.2, 0.25) is 5.88 Å². The van der Waals surface area contributed by atoms with Crippen molar-refractivity contribution in [2.75, 3.05) is 13.2 Å². The van der Waals surface area contributed by atoms with Crippen molar-refractivity contribution in [2.45, 2.75) is 12.5 Å². The lowest BCUT2D eigenvalue weighted by Crippen LogP contribution is -2.16. The number of hydrogen-bond acceptors (Lipinski definition) is 5. The van der Waals surface area contributed by atoms with Gasteiger partial charge in [-0.25, -0.2) is 9.97 Å². The lowest BCUT2D eigenvalue weighted by Gasteiger charge is -2.09. The third-order valence-corrected chi connectivity index (χ3v) is 1.93. The van der Waals surface area contributed by atoms with Gasteiger partial charge in [-0.2, -0.15) is 5.26 Å². The van der Waals surface area contributed by atoms with Gasteiger partial charge >= 0.3 is 0 Å². The second kappa shape index (κ2) is 4.03. The summed E-state index contributed by atoms with van der Waals surface area (Å²) in [6, 6.07) is 3.46. The molecule has 0 radical (unpaired) electrons. The van der Waals surface area contributed by atoms with Gasteiger partial charge in [-0.15, -0.1) is 0 Å². The molecule has 1 unspecified atom stereocenters. The minimum absolute atomic E-state index is 0.0523. The first-order valence-electron chi connectivity index (χ1n) is 4.35. The molecule has 0 spiro atoms. The highest BCUT2D eigenvalue weighted by atomic mass is 16.5. The zero-order chi connectivity index (χ0) is 9.80. The van der Waals surface area contributed by atoms with Gasteiger partial charge in [0, 0.05) is 12.5 Å². The molecule has 0 bridgehead atoms. The van der Waals surface area contributed by atoms with Gasteiger partial charge in [0.25, 0.3) is 0 Å². The summed E-state index contributed by atoms with van der Waals surface area (Å²) in [6.45, 7) is 1.31. The van der Waals surface area contributed by atoms with Crippen molar-refractivity contribution in [2.24, 2.45) is 0 Å². The maximum atomic E-state index is 8.60. The van der Waals surface area contributed by atoms with Crippen LogP contribution >= 0.6 is 0 Å². The van der Waals surface area contributed by atoms with Crippen molar-refractivity contribution >= 4 is 0 Å². The maximum absolute atomic E-state index is 8.60. The number of nitrogens with zero attached hydrogens (tertiary/aromatic N) is 3. The van der Waals surface area contributed by atoms with E-state index in [1.54, 1.807) is 0 Å². The Labute approximate surface area is 81.3 Å². The summed E-state index contributed by atoms with van der Waals surface area (Å²) in [5.41, 5.74) is 0.314. The molecule has 14 heavy (non-hydrogen) atoms. The van der Waals surface area contributed by atoms with Crippen LogP contribution in [0, 0.1) is 11.3 Å². The molecule has 5 heteroatoms. The van der Waals surface area contributed by atoms with Crippen LogP contribution in [0.25, 0.3) is 0 Å². The van der Waals surface area contributed by atoms with Crippen molar-refractivity contribution in [3.05, 3.63) is 18.1 Å². The van der Waals surface area contributed by atoms with E-state index in [1.165, 1.54) is 12.4 Å². The Bertz CT molecular complexity index is 355. The van der Waals surface area contributed by atoms with E-state index in [0.29, 0.717) is 18.2 Å². The van der Waals surface area contributed by atoms with Crippen molar-refractivity contribution in [3.8, 4) is 11.9 Å². The van der Waals surface area contributed by atoms with Crippen molar-refractivity contribution < 1.29 is 9.47 Å². The molecule has 1 aliphatic heterocycles. The molecule has 0 amide bonds. The standard InChI is InChI=1S/C9H9N3O2/c10-4-7-3-9(12-6-11-7)14-8-1-2-13-5-8/h3,6,8H,1-2,5H2. The Kier molecular flexibility index (Phi) is 2.56. The topological polar surface area (TPSA) is 68.0 Å². The number of rotatable bonds is 2. The predicted octanol–water partition coefficient (Wildman–Crippen LogP) is 0.516. The average molecular weight is 191 g/mol. The van der Waals surface area contributed by atoms with Crippen LogP contribution in [-0.2, 0) is 4.74 Å². The van der Waals surface area contributed by atoms with Gasteiger partial charge < -0.3 is 9.47 Å². The Morgan fingerprint density at radius 3 is 3.21 bits per heavy atom. The summed E-state index contributed by atoms with van der Waals surface area (Å²) < 4.78 is 10.6. The van der Waals surface area contributed by atoms with E-state index in [2.05, 4.69) is 9.97 Å². The van der Waals surface area contributed by atoms with Crippen LogP contribution in [0.1, 0.15) is 12.1 Å². The average Bonchev–Trinajstić information content (AvgIpc) is 2.71. The molecule has 2 rings (SSSR count). The number of aromatic nitrogens is 2. The normalized spacial score (nSPS) is 20.4. The van der Waals surface area contributed by atoms with Gasteiger partial charge in [0.1, 0.15) is 24.2 Å². The Balaban J connectivity index is 2.05. The summed E-state index contributed by atoms with van der Waals surface area (Å²) in [6.07, 6.45) is 2.24. The molecule has 1 aliphatic rings. The second-order valence-electron chi connectivity index (χ2n) is 2.96. The Morgan fingerprint density at radius 1 is 1.57 bits per heavy atom. The summed E-state index contributed by atoms with van der Waals surface area (Å²) in [5, 5.41) is 8.60. The number of hydrogen-bond donors (Lipinski definition) is 0. The molecule has 1 fully saturated rings. The molecule has 2 heterocycles. The Morgan fingerprint density at radius 2 is 2.50 bits per heavy atom. The minimum atomic E-state index is 0.0523. The molecule has 1 aromatic heterocycles. The minimum Gasteiger partial charge on any atom is -0.472 e. The summed E-state index contributed by atoms with van der Waals surface area (Å²) in [5.74, 6) is 0.437. The van der Waals surface area contributed by atoms with Gasteiger partial charge in [-0.1, -0.05) is 0 Å². The van der Waals surface area contributed by atoms with Gasteiger partial charge in [0.15, 0.2) is 0 Å². The first kappa shape index (κ1) is 8.91. The highest BCUT2D eigenvalue weighted by Crippen LogP contribution is 2.13. The summed E-state index contributed by atoms with van der Waals surface area (Å²) in [7, 11) is 0. The summed E-state index contributed by atoms with van der Waals surface area (Å²) >= 11 is 0. The predicted molar refractivity (Wildman–Crippen MR) is 46.6 cm³/mol. The maximum Gasteiger partial charge on any atom is 0.218 e. The first-order valence-corrected chi connectivity index (χ1v) is 4.35. The van der Waals surface area contributed by atoms with Crippen molar-refractivity contribution in [1.29, 1.82) is 5.26 Å². The highest BCUT2D eigenvalue weighted by Gasteiger charge is 2.17. The van der Waals surface area contributed by atoms with E-state index in [0.717, 1.165) is 13.0 Å². The first-order chi connectivity index (χ1) is 6.88. The third-order valence-electron chi connectivity index (χ3n) is 1.93. The van der Waals surface area contributed by atoms with E-state index in [1.807, 2.05) is 6.07 Å². The molecular formula is C9H9N3O2. The molecule has 0 saturated carbocycles. The third kappa shape index (κ3) is 1.98.